The number of ketones is 1. The van der Waals surface area contributed by atoms with Gasteiger partial charge in [-0.25, -0.2) is 8.78 Å². The van der Waals surface area contributed by atoms with Crippen LogP contribution in [-0.4, -0.2) is 5.78 Å². The zero-order valence-corrected chi connectivity index (χ0v) is 11.3. The lowest BCUT2D eigenvalue weighted by Gasteiger charge is -2.27. The molecule has 0 bridgehead atoms. The summed E-state index contributed by atoms with van der Waals surface area (Å²) in [5.41, 5.74) is 0.445. The average molecular weight is 266 g/mol. The number of carbonyl (C=O) groups excluding carboxylic acids is 1. The second-order valence-corrected chi connectivity index (χ2v) is 5.56. The Bertz CT molecular complexity index is 436. The first-order valence-electron chi connectivity index (χ1n) is 7.06. The molecule has 1 aromatic carbocycles. The van der Waals surface area contributed by atoms with E-state index in [1.165, 1.54) is 18.6 Å². The van der Waals surface area contributed by atoms with Gasteiger partial charge in [0, 0.05) is 18.4 Å². The lowest BCUT2D eigenvalue weighted by Crippen LogP contribution is -2.24. The molecular formula is C16H20F2O. The van der Waals surface area contributed by atoms with E-state index in [-0.39, 0.29) is 18.1 Å². The van der Waals surface area contributed by atoms with E-state index < -0.39 is 11.6 Å². The molecule has 1 aliphatic carbocycles. The van der Waals surface area contributed by atoms with E-state index in [0.717, 1.165) is 31.7 Å². The van der Waals surface area contributed by atoms with Crippen LogP contribution in [0, 0.1) is 23.5 Å². The van der Waals surface area contributed by atoms with Crippen LogP contribution >= 0.6 is 0 Å². The van der Waals surface area contributed by atoms with Crippen LogP contribution in [0.25, 0.3) is 0 Å². The molecule has 2 atom stereocenters. The second kappa shape index (κ2) is 6.27. The van der Waals surface area contributed by atoms with Crippen molar-refractivity contribution in [1.82, 2.24) is 0 Å². The molecule has 2 rings (SSSR count). The molecule has 1 saturated carbocycles. The number of benzene rings is 1. The van der Waals surface area contributed by atoms with Crippen molar-refractivity contribution < 1.29 is 13.6 Å². The van der Waals surface area contributed by atoms with Gasteiger partial charge in [-0.3, -0.25) is 4.79 Å². The van der Waals surface area contributed by atoms with Crippen LogP contribution in [0.4, 0.5) is 8.78 Å². The van der Waals surface area contributed by atoms with Crippen molar-refractivity contribution in [3.63, 3.8) is 0 Å². The number of halogens is 2. The molecule has 0 saturated heterocycles. The minimum Gasteiger partial charge on any atom is -0.299 e. The maximum absolute atomic E-state index is 13.1. The maximum atomic E-state index is 13.1. The Morgan fingerprint density at radius 3 is 2.53 bits per heavy atom. The first-order valence-corrected chi connectivity index (χ1v) is 7.06. The lowest BCUT2D eigenvalue weighted by molar-refractivity contribution is -0.123. The fourth-order valence-corrected chi connectivity index (χ4v) is 3.01. The minimum absolute atomic E-state index is 0.0741. The summed E-state index contributed by atoms with van der Waals surface area (Å²) in [6.07, 6.45) is 5.41. The Hall–Kier alpha value is -1.25. The first kappa shape index (κ1) is 14.2. The smallest absolute Gasteiger partial charge is 0.140 e. The van der Waals surface area contributed by atoms with Crippen LogP contribution in [0.3, 0.4) is 0 Å². The maximum Gasteiger partial charge on any atom is 0.140 e. The summed E-state index contributed by atoms with van der Waals surface area (Å²) < 4.78 is 26.2. The molecule has 0 aliphatic heterocycles. The van der Waals surface area contributed by atoms with Gasteiger partial charge in [-0.2, -0.15) is 0 Å². The molecule has 0 N–H and O–H groups in total. The summed E-state index contributed by atoms with van der Waals surface area (Å²) in [5, 5.41) is 0. The monoisotopic (exact) mass is 266 g/mol. The first-order chi connectivity index (χ1) is 9.08. The van der Waals surface area contributed by atoms with E-state index in [1.54, 1.807) is 0 Å². The van der Waals surface area contributed by atoms with Gasteiger partial charge in [-0.15, -0.1) is 0 Å². The van der Waals surface area contributed by atoms with E-state index in [9.17, 15) is 13.6 Å². The van der Waals surface area contributed by atoms with Gasteiger partial charge in [0.2, 0.25) is 0 Å². The molecule has 0 amide bonds. The Labute approximate surface area is 113 Å². The summed E-state index contributed by atoms with van der Waals surface area (Å²) in [6, 6.07) is 3.34. The third kappa shape index (κ3) is 3.85. The van der Waals surface area contributed by atoms with Crippen LogP contribution in [0.2, 0.25) is 0 Å². The van der Waals surface area contributed by atoms with Gasteiger partial charge < -0.3 is 0 Å². The van der Waals surface area contributed by atoms with Crippen LogP contribution in [0.1, 0.15) is 44.6 Å². The normalized spacial score (nSPS) is 23.3. The molecule has 104 valence electrons. The molecule has 0 heterocycles. The lowest BCUT2D eigenvalue weighted by atomic mass is 9.77. The molecule has 2 unspecified atom stereocenters. The second-order valence-electron chi connectivity index (χ2n) is 5.56. The topological polar surface area (TPSA) is 17.1 Å². The highest BCUT2D eigenvalue weighted by Gasteiger charge is 2.26. The summed E-state index contributed by atoms with van der Waals surface area (Å²) in [4.78, 5) is 12.2. The van der Waals surface area contributed by atoms with Gasteiger partial charge in [-0.05, 0) is 36.5 Å². The molecule has 1 fully saturated rings. The Balaban J connectivity index is 2.00. The summed E-state index contributed by atoms with van der Waals surface area (Å²) in [6.45, 7) is 2.15. The molecule has 0 aromatic heterocycles. The van der Waals surface area contributed by atoms with Crippen molar-refractivity contribution in [2.45, 2.75) is 45.4 Å². The minimum atomic E-state index is -0.613. The highest BCUT2D eigenvalue weighted by atomic mass is 19.1. The zero-order valence-electron chi connectivity index (χ0n) is 11.3. The highest BCUT2D eigenvalue weighted by molar-refractivity contribution is 5.83. The summed E-state index contributed by atoms with van der Waals surface area (Å²) in [7, 11) is 0. The van der Waals surface area contributed by atoms with Gasteiger partial charge in [0.15, 0.2) is 0 Å². The SMILES string of the molecule is CCC1CCCC(C(=O)Cc2cc(F)cc(F)c2)C1. The van der Waals surface area contributed by atoms with Crippen molar-refractivity contribution in [1.29, 1.82) is 0 Å². The van der Waals surface area contributed by atoms with Crippen molar-refractivity contribution in [2.24, 2.45) is 11.8 Å². The van der Waals surface area contributed by atoms with Gasteiger partial charge in [-0.1, -0.05) is 26.2 Å². The molecule has 1 nitrogen and oxygen atoms in total. The van der Waals surface area contributed by atoms with E-state index in [4.69, 9.17) is 0 Å². The fourth-order valence-electron chi connectivity index (χ4n) is 3.01. The fraction of sp³-hybridized carbons (Fsp3) is 0.562. The van der Waals surface area contributed by atoms with E-state index in [2.05, 4.69) is 6.92 Å². The molecular weight excluding hydrogens is 246 g/mol. The molecule has 0 spiro atoms. The molecule has 19 heavy (non-hydrogen) atoms. The van der Waals surface area contributed by atoms with Crippen molar-refractivity contribution >= 4 is 5.78 Å². The number of Topliss-reactive ketones (excluding diaryl/α,β-unsaturated/α-hetero) is 1. The third-order valence-corrected chi connectivity index (χ3v) is 4.12. The number of hydrogen-bond acceptors (Lipinski definition) is 1. The van der Waals surface area contributed by atoms with E-state index >= 15 is 0 Å². The van der Waals surface area contributed by atoms with Crippen LogP contribution < -0.4 is 0 Å². The van der Waals surface area contributed by atoms with Crippen molar-refractivity contribution in [2.75, 3.05) is 0 Å². The quantitative estimate of drug-likeness (QED) is 0.794. The van der Waals surface area contributed by atoms with Gasteiger partial charge in [0.05, 0.1) is 0 Å². The molecule has 3 heteroatoms. The third-order valence-electron chi connectivity index (χ3n) is 4.12. The number of rotatable bonds is 4. The summed E-state index contributed by atoms with van der Waals surface area (Å²) >= 11 is 0. The zero-order chi connectivity index (χ0) is 13.8. The number of hydrogen-bond donors (Lipinski definition) is 0. The Kier molecular flexibility index (Phi) is 4.67. The Morgan fingerprint density at radius 2 is 1.89 bits per heavy atom. The molecule has 0 radical (unpaired) electrons. The van der Waals surface area contributed by atoms with Crippen molar-refractivity contribution in [3.05, 3.63) is 35.4 Å². The van der Waals surface area contributed by atoms with Gasteiger partial charge in [0.1, 0.15) is 17.4 Å². The van der Waals surface area contributed by atoms with E-state index in [1.807, 2.05) is 0 Å². The Morgan fingerprint density at radius 1 is 1.21 bits per heavy atom. The largest absolute Gasteiger partial charge is 0.299 e. The van der Waals surface area contributed by atoms with Crippen molar-refractivity contribution in [3.8, 4) is 0 Å². The molecule has 1 aliphatic rings. The highest BCUT2D eigenvalue weighted by Crippen LogP contribution is 2.32. The van der Waals surface area contributed by atoms with Crippen LogP contribution in [0.5, 0.6) is 0 Å². The average Bonchev–Trinajstić information content (AvgIpc) is 2.37. The standard InChI is InChI=1S/C16H20F2O/c1-2-11-4-3-5-13(6-11)16(19)9-12-7-14(17)10-15(18)8-12/h7-8,10-11,13H,2-6,9H2,1H3. The predicted molar refractivity (Wildman–Crippen MR) is 70.8 cm³/mol. The van der Waals surface area contributed by atoms with E-state index in [0.29, 0.717) is 11.5 Å². The van der Waals surface area contributed by atoms with Crippen LogP contribution in [-0.2, 0) is 11.2 Å². The van der Waals surface area contributed by atoms with Crippen LogP contribution in [0.15, 0.2) is 18.2 Å². The van der Waals surface area contributed by atoms with Gasteiger partial charge >= 0.3 is 0 Å². The molecule has 1 aromatic rings. The van der Waals surface area contributed by atoms with Gasteiger partial charge in [0.25, 0.3) is 0 Å². The predicted octanol–water partition coefficient (Wildman–Crippen LogP) is 4.29. The summed E-state index contributed by atoms with van der Waals surface area (Å²) in [5.74, 6) is -0.393. The number of carbonyl (C=O) groups is 1.